The van der Waals surface area contributed by atoms with E-state index in [1.54, 1.807) is 18.2 Å². The topological polar surface area (TPSA) is 85.5 Å². The van der Waals surface area contributed by atoms with Crippen molar-refractivity contribution in [2.45, 2.75) is 31.3 Å². The zero-order valence-electron chi connectivity index (χ0n) is 14.4. The Bertz CT molecular complexity index is 787. The molecular formula is C19H23N3O3. The maximum Gasteiger partial charge on any atom is 0.256 e. The number of hydrogen-bond acceptors (Lipinski definition) is 4. The molecule has 1 aliphatic rings. The Labute approximate surface area is 147 Å². The summed E-state index contributed by atoms with van der Waals surface area (Å²) in [5.41, 5.74) is 6.08. The van der Waals surface area contributed by atoms with Crippen molar-refractivity contribution in [1.29, 1.82) is 0 Å². The van der Waals surface area contributed by atoms with Crippen LogP contribution in [-0.2, 0) is 9.53 Å². The second kappa shape index (κ2) is 7.19. The molecule has 1 aromatic carbocycles. The first kappa shape index (κ1) is 17.4. The first-order chi connectivity index (χ1) is 12.0. The second-order valence-electron chi connectivity index (χ2n) is 6.56. The van der Waals surface area contributed by atoms with Gasteiger partial charge in [0.1, 0.15) is 0 Å². The average molecular weight is 341 g/mol. The molecule has 6 heteroatoms. The molecule has 0 aliphatic carbocycles. The largest absolute Gasteiger partial charge is 0.376 e. The third kappa shape index (κ3) is 3.64. The fourth-order valence-corrected chi connectivity index (χ4v) is 3.54. The highest BCUT2D eigenvalue weighted by molar-refractivity contribution is 6.05. The molecule has 2 N–H and O–H groups in total. The van der Waals surface area contributed by atoms with Gasteiger partial charge in [-0.25, -0.2) is 0 Å². The third-order valence-electron chi connectivity index (χ3n) is 4.95. The molecule has 0 radical (unpaired) electrons. The molecule has 1 atom stereocenters. The summed E-state index contributed by atoms with van der Waals surface area (Å²) in [4.78, 5) is 30.4. The summed E-state index contributed by atoms with van der Waals surface area (Å²) in [6, 6.07) is 9.43. The monoisotopic (exact) mass is 341 g/mol. The zero-order valence-corrected chi connectivity index (χ0v) is 14.4. The molecule has 2 heterocycles. The number of carbonyl (C=O) groups excluding carboxylic acids is 2. The van der Waals surface area contributed by atoms with Crippen LogP contribution in [0.15, 0.2) is 36.5 Å². The van der Waals surface area contributed by atoms with Crippen molar-refractivity contribution < 1.29 is 14.3 Å². The first-order valence-electron chi connectivity index (χ1n) is 8.51. The molecule has 0 bridgehead atoms. The van der Waals surface area contributed by atoms with Crippen LogP contribution in [0, 0.1) is 0 Å². The second-order valence-corrected chi connectivity index (χ2v) is 6.56. The van der Waals surface area contributed by atoms with Gasteiger partial charge < -0.3 is 15.4 Å². The normalized spacial score (nSPS) is 20.6. The molecule has 3 rings (SSSR count). The number of carbonyl (C=O) groups is 2. The van der Waals surface area contributed by atoms with E-state index in [0.717, 1.165) is 18.2 Å². The molecular weight excluding hydrogens is 318 g/mol. The van der Waals surface area contributed by atoms with Gasteiger partial charge >= 0.3 is 0 Å². The number of primary amides is 1. The molecule has 1 saturated heterocycles. The van der Waals surface area contributed by atoms with Gasteiger partial charge in [0.2, 0.25) is 5.91 Å². The highest BCUT2D eigenvalue weighted by atomic mass is 16.5. The van der Waals surface area contributed by atoms with Gasteiger partial charge in [-0.05, 0) is 31.4 Å². The number of ether oxygens (including phenoxy) is 1. The summed E-state index contributed by atoms with van der Waals surface area (Å²) in [7, 11) is 1.63. The smallest absolute Gasteiger partial charge is 0.256 e. The van der Waals surface area contributed by atoms with Gasteiger partial charge in [0, 0.05) is 38.2 Å². The Morgan fingerprint density at radius 1 is 1.32 bits per heavy atom. The van der Waals surface area contributed by atoms with Crippen molar-refractivity contribution >= 4 is 22.7 Å². The minimum atomic E-state index is -0.513. The summed E-state index contributed by atoms with van der Waals surface area (Å²) in [6.45, 7) is 1.13. The highest BCUT2D eigenvalue weighted by Gasteiger charge is 2.37. The van der Waals surface area contributed by atoms with Gasteiger partial charge in [-0.2, -0.15) is 0 Å². The van der Waals surface area contributed by atoms with Crippen LogP contribution in [0.4, 0.5) is 0 Å². The first-order valence-corrected chi connectivity index (χ1v) is 8.51. The van der Waals surface area contributed by atoms with Gasteiger partial charge in [-0.3, -0.25) is 14.6 Å². The van der Waals surface area contributed by atoms with E-state index in [2.05, 4.69) is 4.98 Å². The molecule has 0 unspecified atom stereocenters. The fourth-order valence-electron chi connectivity index (χ4n) is 3.54. The lowest BCUT2D eigenvalue weighted by atomic mass is 9.87. The van der Waals surface area contributed by atoms with E-state index in [9.17, 15) is 9.59 Å². The molecule has 25 heavy (non-hydrogen) atoms. The van der Waals surface area contributed by atoms with Crippen molar-refractivity contribution in [2.24, 2.45) is 5.73 Å². The quantitative estimate of drug-likeness (QED) is 0.902. The van der Waals surface area contributed by atoms with Crippen LogP contribution in [-0.4, -0.2) is 47.5 Å². The standard InChI is InChI=1S/C19H23N3O3/c1-25-19(10-8-16(20)23)9-4-12-22(13-19)18(24)15-7-2-5-14-6-3-11-21-17(14)15/h2-3,5-7,11H,4,8-10,12-13H2,1H3,(H2,20,23)/t19-/m1/s1. The van der Waals surface area contributed by atoms with E-state index in [0.29, 0.717) is 30.6 Å². The number of aromatic nitrogens is 1. The van der Waals surface area contributed by atoms with E-state index in [1.807, 2.05) is 30.3 Å². The van der Waals surface area contributed by atoms with Crippen LogP contribution >= 0.6 is 0 Å². The Balaban J connectivity index is 1.85. The summed E-state index contributed by atoms with van der Waals surface area (Å²) in [6.07, 6.45) is 4.12. The summed E-state index contributed by atoms with van der Waals surface area (Å²) >= 11 is 0. The number of nitrogens with two attached hydrogens (primary N) is 1. The fraction of sp³-hybridized carbons (Fsp3) is 0.421. The van der Waals surface area contributed by atoms with Gasteiger partial charge in [0.25, 0.3) is 5.91 Å². The van der Waals surface area contributed by atoms with Crippen molar-refractivity contribution in [3.8, 4) is 0 Å². The SMILES string of the molecule is CO[C@@]1(CCC(N)=O)CCCN(C(=O)c2cccc3cccnc23)C1. The number of fused-ring (bicyclic) bond motifs is 1. The van der Waals surface area contributed by atoms with E-state index in [4.69, 9.17) is 10.5 Å². The number of hydrogen-bond donors (Lipinski definition) is 1. The number of benzene rings is 1. The van der Waals surface area contributed by atoms with E-state index in [1.165, 1.54) is 0 Å². The molecule has 1 aromatic heterocycles. The lowest BCUT2D eigenvalue weighted by Crippen LogP contribution is -2.51. The summed E-state index contributed by atoms with van der Waals surface area (Å²) in [5, 5.41) is 0.942. The van der Waals surface area contributed by atoms with E-state index in [-0.39, 0.29) is 18.2 Å². The Morgan fingerprint density at radius 3 is 2.88 bits per heavy atom. The van der Waals surface area contributed by atoms with Crippen LogP contribution < -0.4 is 5.73 Å². The minimum absolute atomic E-state index is 0.0514. The molecule has 6 nitrogen and oxygen atoms in total. The number of methoxy groups -OCH3 is 1. The number of pyridine rings is 1. The van der Waals surface area contributed by atoms with Crippen molar-refractivity contribution in [1.82, 2.24) is 9.88 Å². The van der Waals surface area contributed by atoms with Crippen molar-refractivity contribution in [3.05, 3.63) is 42.1 Å². The predicted molar refractivity (Wildman–Crippen MR) is 95.0 cm³/mol. The maximum atomic E-state index is 13.1. The number of para-hydroxylation sites is 1. The molecule has 132 valence electrons. The van der Waals surface area contributed by atoms with Gasteiger partial charge in [0.15, 0.2) is 0 Å². The van der Waals surface area contributed by atoms with Crippen LogP contribution in [0.3, 0.4) is 0 Å². The minimum Gasteiger partial charge on any atom is -0.376 e. The summed E-state index contributed by atoms with van der Waals surface area (Å²) in [5.74, 6) is -0.400. The Morgan fingerprint density at radius 2 is 2.12 bits per heavy atom. The molecule has 2 amide bonds. The number of amides is 2. The van der Waals surface area contributed by atoms with Gasteiger partial charge in [-0.1, -0.05) is 18.2 Å². The number of piperidine rings is 1. The van der Waals surface area contributed by atoms with Gasteiger partial charge in [0.05, 0.1) is 16.7 Å². The lowest BCUT2D eigenvalue weighted by Gasteiger charge is -2.42. The van der Waals surface area contributed by atoms with Crippen LogP contribution in [0.5, 0.6) is 0 Å². The number of nitrogens with zero attached hydrogens (tertiary/aromatic N) is 2. The van der Waals surface area contributed by atoms with Gasteiger partial charge in [-0.15, -0.1) is 0 Å². The van der Waals surface area contributed by atoms with E-state index < -0.39 is 5.60 Å². The Kier molecular flexibility index (Phi) is 4.99. The predicted octanol–water partition coefficient (Wildman–Crippen LogP) is 2.12. The molecule has 0 saturated carbocycles. The number of rotatable bonds is 5. The zero-order chi connectivity index (χ0) is 17.9. The molecule has 0 spiro atoms. The Hall–Kier alpha value is -2.47. The van der Waals surface area contributed by atoms with Crippen LogP contribution in [0.2, 0.25) is 0 Å². The van der Waals surface area contributed by atoms with Crippen LogP contribution in [0.25, 0.3) is 10.9 Å². The maximum absolute atomic E-state index is 13.1. The average Bonchev–Trinajstić information content (AvgIpc) is 2.65. The molecule has 1 fully saturated rings. The molecule has 1 aliphatic heterocycles. The third-order valence-corrected chi connectivity index (χ3v) is 4.95. The lowest BCUT2D eigenvalue weighted by molar-refractivity contribution is -0.120. The van der Waals surface area contributed by atoms with Crippen LogP contribution in [0.1, 0.15) is 36.0 Å². The molecule has 2 aromatic rings. The summed E-state index contributed by atoms with van der Waals surface area (Å²) < 4.78 is 5.72. The van der Waals surface area contributed by atoms with Crippen molar-refractivity contribution in [3.63, 3.8) is 0 Å². The van der Waals surface area contributed by atoms with Crippen molar-refractivity contribution in [2.75, 3.05) is 20.2 Å². The number of likely N-dealkylation sites (tertiary alicyclic amines) is 1. The highest BCUT2D eigenvalue weighted by Crippen LogP contribution is 2.30. The van der Waals surface area contributed by atoms with E-state index >= 15 is 0 Å².